The fraction of sp³-hybridized carbons (Fsp3) is 0.500. The van der Waals surface area contributed by atoms with Crippen LogP contribution in [0.15, 0.2) is 18.7 Å². The predicted molar refractivity (Wildman–Crippen MR) is 57.2 cm³/mol. The second-order valence-electron chi connectivity index (χ2n) is 3.28. The van der Waals surface area contributed by atoms with Gasteiger partial charge in [0.2, 0.25) is 0 Å². The summed E-state index contributed by atoms with van der Waals surface area (Å²) < 4.78 is 0. The number of hydrogen-bond donors (Lipinski definition) is 2. The van der Waals surface area contributed by atoms with Crippen LogP contribution in [0.4, 0.5) is 0 Å². The van der Waals surface area contributed by atoms with Gasteiger partial charge in [-0.05, 0) is 19.4 Å². The predicted octanol–water partition coefficient (Wildman–Crippen LogP) is 0.334. The fourth-order valence-corrected chi connectivity index (χ4v) is 1.26. The lowest BCUT2D eigenvalue weighted by molar-refractivity contribution is 0.0933. The average Bonchev–Trinajstić information content (AvgIpc) is 2.29. The number of nitrogens with one attached hydrogen (secondary N) is 1. The summed E-state index contributed by atoms with van der Waals surface area (Å²) in [5.41, 5.74) is 5.92. The van der Waals surface area contributed by atoms with Crippen LogP contribution in [0.1, 0.15) is 30.1 Å². The summed E-state index contributed by atoms with van der Waals surface area (Å²) in [4.78, 5) is 19.2. The van der Waals surface area contributed by atoms with Gasteiger partial charge in [-0.1, -0.05) is 6.92 Å². The van der Waals surface area contributed by atoms with Crippen molar-refractivity contribution in [3.63, 3.8) is 0 Å². The molecular formula is C10H16N4O. The fourth-order valence-electron chi connectivity index (χ4n) is 1.26. The summed E-state index contributed by atoms with van der Waals surface area (Å²) in [6.45, 7) is 2.59. The van der Waals surface area contributed by atoms with Gasteiger partial charge < -0.3 is 11.1 Å². The molecule has 1 atom stereocenters. The minimum atomic E-state index is -0.143. The summed E-state index contributed by atoms with van der Waals surface area (Å²) >= 11 is 0. The molecule has 1 aromatic heterocycles. The molecule has 1 rings (SSSR count). The lowest BCUT2D eigenvalue weighted by Crippen LogP contribution is -2.35. The first kappa shape index (κ1) is 11.6. The van der Waals surface area contributed by atoms with Crippen molar-refractivity contribution in [1.82, 2.24) is 15.3 Å². The molecular weight excluding hydrogens is 192 g/mol. The molecule has 1 heterocycles. The Balaban J connectivity index is 2.55. The van der Waals surface area contributed by atoms with Crippen molar-refractivity contribution >= 4 is 5.91 Å². The van der Waals surface area contributed by atoms with Crippen LogP contribution in [0, 0.1) is 0 Å². The SMILES string of the molecule is CCC(CCN)NC(=O)c1cncnc1. The van der Waals surface area contributed by atoms with Gasteiger partial charge in [0.05, 0.1) is 5.56 Å². The second-order valence-corrected chi connectivity index (χ2v) is 3.28. The van der Waals surface area contributed by atoms with E-state index in [2.05, 4.69) is 15.3 Å². The highest BCUT2D eigenvalue weighted by Gasteiger charge is 2.11. The number of carbonyl (C=O) groups excluding carboxylic acids is 1. The van der Waals surface area contributed by atoms with Gasteiger partial charge in [-0.15, -0.1) is 0 Å². The maximum absolute atomic E-state index is 11.7. The largest absolute Gasteiger partial charge is 0.349 e. The molecule has 3 N–H and O–H groups in total. The summed E-state index contributed by atoms with van der Waals surface area (Å²) in [7, 11) is 0. The Morgan fingerprint density at radius 2 is 2.20 bits per heavy atom. The number of amides is 1. The molecule has 0 radical (unpaired) electrons. The van der Waals surface area contributed by atoms with Gasteiger partial charge in [-0.2, -0.15) is 0 Å². The zero-order valence-corrected chi connectivity index (χ0v) is 8.81. The smallest absolute Gasteiger partial charge is 0.254 e. The van der Waals surface area contributed by atoms with E-state index in [0.29, 0.717) is 12.1 Å². The first-order valence-electron chi connectivity index (χ1n) is 5.03. The van der Waals surface area contributed by atoms with Crippen molar-refractivity contribution in [2.75, 3.05) is 6.54 Å². The number of aromatic nitrogens is 2. The molecule has 1 amide bonds. The Bertz CT molecular complexity index is 302. The summed E-state index contributed by atoms with van der Waals surface area (Å²) in [5, 5.41) is 2.88. The number of rotatable bonds is 5. The van der Waals surface area contributed by atoms with E-state index < -0.39 is 0 Å². The lowest BCUT2D eigenvalue weighted by Gasteiger charge is -2.15. The van der Waals surface area contributed by atoms with Gasteiger partial charge in [-0.3, -0.25) is 4.79 Å². The van der Waals surface area contributed by atoms with Crippen LogP contribution in [0.25, 0.3) is 0 Å². The van der Waals surface area contributed by atoms with E-state index in [1.54, 1.807) is 0 Å². The normalized spacial score (nSPS) is 12.1. The van der Waals surface area contributed by atoms with Gasteiger partial charge in [0, 0.05) is 18.4 Å². The average molecular weight is 208 g/mol. The number of carbonyl (C=O) groups is 1. The van der Waals surface area contributed by atoms with Crippen molar-refractivity contribution in [3.8, 4) is 0 Å². The van der Waals surface area contributed by atoms with Crippen molar-refractivity contribution < 1.29 is 4.79 Å². The quantitative estimate of drug-likeness (QED) is 0.730. The molecule has 5 heteroatoms. The zero-order valence-electron chi connectivity index (χ0n) is 8.81. The standard InChI is InChI=1S/C10H16N4O/c1-2-9(3-4-11)14-10(15)8-5-12-7-13-6-8/h5-7,9H,2-4,11H2,1H3,(H,14,15). The van der Waals surface area contributed by atoms with Crippen LogP contribution in [-0.4, -0.2) is 28.5 Å². The first-order valence-corrected chi connectivity index (χ1v) is 5.03. The maximum Gasteiger partial charge on any atom is 0.254 e. The van der Waals surface area contributed by atoms with Crippen molar-refractivity contribution in [1.29, 1.82) is 0 Å². The molecule has 1 unspecified atom stereocenters. The molecule has 0 saturated heterocycles. The monoisotopic (exact) mass is 208 g/mol. The summed E-state index contributed by atoms with van der Waals surface area (Å²) in [5.74, 6) is -0.143. The molecule has 0 fully saturated rings. The van der Waals surface area contributed by atoms with Crippen LogP contribution in [0.2, 0.25) is 0 Å². The van der Waals surface area contributed by atoms with Gasteiger partial charge >= 0.3 is 0 Å². The lowest BCUT2D eigenvalue weighted by atomic mass is 10.1. The molecule has 0 aliphatic heterocycles. The third-order valence-corrected chi connectivity index (χ3v) is 2.17. The highest BCUT2D eigenvalue weighted by molar-refractivity contribution is 5.93. The van der Waals surface area contributed by atoms with Crippen molar-refractivity contribution in [2.24, 2.45) is 5.73 Å². The van der Waals surface area contributed by atoms with Crippen LogP contribution >= 0.6 is 0 Å². The van der Waals surface area contributed by atoms with E-state index in [0.717, 1.165) is 12.8 Å². The van der Waals surface area contributed by atoms with Crippen LogP contribution in [-0.2, 0) is 0 Å². The molecule has 0 aliphatic rings. The molecule has 0 saturated carbocycles. The molecule has 0 bridgehead atoms. The van der Waals surface area contributed by atoms with Crippen molar-refractivity contribution in [3.05, 3.63) is 24.3 Å². The Kier molecular flexibility index (Phi) is 4.70. The van der Waals surface area contributed by atoms with Gasteiger partial charge in [-0.25, -0.2) is 9.97 Å². The highest BCUT2D eigenvalue weighted by Crippen LogP contribution is 1.99. The van der Waals surface area contributed by atoms with E-state index in [4.69, 9.17) is 5.73 Å². The Hall–Kier alpha value is -1.49. The highest BCUT2D eigenvalue weighted by atomic mass is 16.1. The third kappa shape index (κ3) is 3.63. The maximum atomic E-state index is 11.7. The Morgan fingerprint density at radius 3 is 2.73 bits per heavy atom. The van der Waals surface area contributed by atoms with Crippen LogP contribution in [0.5, 0.6) is 0 Å². The summed E-state index contributed by atoms with van der Waals surface area (Å²) in [6.07, 6.45) is 6.05. The number of nitrogens with zero attached hydrogens (tertiary/aromatic N) is 2. The molecule has 15 heavy (non-hydrogen) atoms. The van der Waals surface area contributed by atoms with E-state index in [1.807, 2.05) is 6.92 Å². The second kappa shape index (κ2) is 6.08. The molecule has 1 aromatic rings. The van der Waals surface area contributed by atoms with E-state index >= 15 is 0 Å². The minimum absolute atomic E-state index is 0.128. The zero-order chi connectivity index (χ0) is 11.1. The molecule has 0 aromatic carbocycles. The first-order chi connectivity index (χ1) is 7.27. The van der Waals surface area contributed by atoms with Gasteiger partial charge in [0.25, 0.3) is 5.91 Å². The van der Waals surface area contributed by atoms with E-state index in [-0.39, 0.29) is 11.9 Å². The van der Waals surface area contributed by atoms with E-state index in [9.17, 15) is 4.79 Å². The topological polar surface area (TPSA) is 80.9 Å². The molecule has 0 aliphatic carbocycles. The third-order valence-electron chi connectivity index (χ3n) is 2.17. The van der Waals surface area contributed by atoms with Crippen LogP contribution in [0.3, 0.4) is 0 Å². The molecule has 82 valence electrons. The van der Waals surface area contributed by atoms with Gasteiger partial charge in [0.15, 0.2) is 0 Å². The Labute approximate surface area is 89.1 Å². The molecule has 0 spiro atoms. The minimum Gasteiger partial charge on any atom is -0.349 e. The number of hydrogen-bond acceptors (Lipinski definition) is 4. The number of nitrogens with two attached hydrogens (primary N) is 1. The molecule has 5 nitrogen and oxygen atoms in total. The van der Waals surface area contributed by atoms with Crippen LogP contribution < -0.4 is 11.1 Å². The van der Waals surface area contributed by atoms with Gasteiger partial charge in [0.1, 0.15) is 6.33 Å². The van der Waals surface area contributed by atoms with Crippen molar-refractivity contribution in [2.45, 2.75) is 25.8 Å². The van der Waals surface area contributed by atoms with E-state index in [1.165, 1.54) is 18.7 Å². The summed E-state index contributed by atoms with van der Waals surface area (Å²) in [6, 6.07) is 0.128. The Morgan fingerprint density at radius 1 is 1.53 bits per heavy atom.